The molecule has 0 atom stereocenters. The molecule has 0 unspecified atom stereocenters. The van der Waals surface area contributed by atoms with Crippen molar-refractivity contribution in [3.05, 3.63) is 0 Å². The molecule has 0 aliphatic rings. The van der Waals surface area contributed by atoms with Crippen molar-refractivity contribution in [3.63, 3.8) is 0 Å². The number of nitrogens with zero attached hydrogens (tertiary/aromatic N) is 1. The standard InChI is InChI=1S/C11H27N3O2S/c1-4-7-12-9-11-17(15,16)13-8-5-6-10-14(2)3/h12-13H,4-11H2,1-3H3. The molecular formula is C11H27N3O2S. The average molecular weight is 265 g/mol. The molecule has 17 heavy (non-hydrogen) atoms. The fourth-order valence-electron chi connectivity index (χ4n) is 1.36. The summed E-state index contributed by atoms with van der Waals surface area (Å²) in [6, 6.07) is 0. The van der Waals surface area contributed by atoms with Gasteiger partial charge in [-0.05, 0) is 46.4 Å². The first kappa shape index (κ1) is 16.8. The summed E-state index contributed by atoms with van der Waals surface area (Å²) >= 11 is 0. The summed E-state index contributed by atoms with van der Waals surface area (Å²) in [5, 5.41) is 3.08. The minimum atomic E-state index is -3.09. The van der Waals surface area contributed by atoms with E-state index in [1.807, 2.05) is 14.1 Å². The molecule has 6 heteroatoms. The van der Waals surface area contributed by atoms with Gasteiger partial charge in [0.15, 0.2) is 0 Å². The number of hydrogen-bond acceptors (Lipinski definition) is 4. The summed E-state index contributed by atoms with van der Waals surface area (Å²) in [5.74, 6) is 0.167. The van der Waals surface area contributed by atoms with Crippen LogP contribution in [0.3, 0.4) is 0 Å². The zero-order valence-corrected chi connectivity index (χ0v) is 12.1. The molecule has 0 spiro atoms. The molecule has 0 bridgehead atoms. The first-order valence-corrected chi connectivity index (χ1v) is 7.96. The van der Waals surface area contributed by atoms with Crippen molar-refractivity contribution in [2.45, 2.75) is 26.2 Å². The van der Waals surface area contributed by atoms with E-state index in [1.165, 1.54) is 0 Å². The zero-order chi connectivity index (χ0) is 13.1. The monoisotopic (exact) mass is 265 g/mol. The minimum absolute atomic E-state index is 0.167. The molecule has 0 aliphatic carbocycles. The third kappa shape index (κ3) is 12.1. The molecule has 5 nitrogen and oxygen atoms in total. The predicted octanol–water partition coefficient (Wildman–Crippen LogP) is 0.247. The Hall–Kier alpha value is -0.170. The summed E-state index contributed by atoms with van der Waals surface area (Å²) in [6.07, 6.45) is 2.93. The highest BCUT2D eigenvalue weighted by Crippen LogP contribution is 1.91. The van der Waals surface area contributed by atoms with E-state index in [-0.39, 0.29) is 5.75 Å². The first-order valence-electron chi connectivity index (χ1n) is 6.30. The van der Waals surface area contributed by atoms with Crippen molar-refractivity contribution in [1.29, 1.82) is 0 Å². The number of nitrogens with one attached hydrogen (secondary N) is 2. The van der Waals surface area contributed by atoms with Crippen molar-refractivity contribution in [3.8, 4) is 0 Å². The van der Waals surface area contributed by atoms with E-state index in [1.54, 1.807) is 0 Å². The third-order valence-corrected chi connectivity index (χ3v) is 3.71. The molecule has 104 valence electrons. The highest BCUT2D eigenvalue weighted by molar-refractivity contribution is 7.89. The largest absolute Gasteiger partial charge is 0.316 e. The maximum absolute atomic E-state index is 11.5. The van der Waals surface area contributed by atoms with E-state index in [2.05, 4.69) is 21.9 Å². The Labute approximate surface area is 106 Å². The van der Waals surface area contributed by atoms with Gasteiger partial charge in [0.1, 0.15) is 0 Å². The average Bonchev–Trinajstić information content (AvgIpc) is 2.23. The van der Waals surface area contributed by atoms with E-state index in [9.17, 15) is 8.42 Å². The first-order chi connectivity index (χ1) is 7.98. The maximum atomic E-state index is 11.5. The van der Waals surface area contributed by atoms with Gasteiger partial charge < -0.3 is 10.2 Å². The van der Waals surface area contributed by atoms with Crippen LogP contribution >= 0.6 is 0 Å². The van der Waals surface area contributed by atoms with Gasteiger partial charge in [0.2, 0.25) is 10.0 Å². The van der Waals surface area contributed by atoms with Gasteiger partial charge in [0.25, 0.3) is 0 Å². The smallest absolute Gasteiger partial charge is 0.212 e. The van der Waals surface area contributed by atoms with Crippen LogP contribution < -0.4 is 10.0 Å². The van der Waals surface area contributed by atoms with Gasteiger partial charge >= 0.3 is 0 Å². The summed E-state index contributed by atoms with van der Waals surface area (Å²) in [4.78, 5) is 2.10. The lowest BCUT2D eigenvalue weighted by Gasteiger charge is -2.10. The maximum Gasteiger partial charge on any atom is 0.212 e. The molecule has 0 aromatic carbocycles. The fourth-order valence-corrected chi connectivity index (χ4v) is 2.37. The summed E-state index contributed by atoms with van der Waals surface area (Å²) in [5.41, 5.74) is 0. The summed E-state index contributed by atoms with van der Waals surface area (Å²) < 4.78 is 25.7. The van der Waals surface area contributed by atoms with E-state index < -0.39 is 10.0 Å². The molecule has 0 fully saturated rings. The van der Waals surface area contributed by atoms with Gasteiger partial charge in [-0.15, -0.1) is 0 Å². The number of hydrogen-bond donors (Lipinski definition) is 2. The zero-order valence-electron chi connectivity index (χ0n) is 11.3. The van der Waals surface area contributed by atoms with Crippen LogP contribution in [-0.4, -0.2) is 59.3 Å². The second-order valence-electron chi connectivity index (χ2n) is 4.47. The molecule has 0 radical (unpaired) electrons. The molecule has 0 aromatic heterocycles. The van der Waals surface area contributed by atoms with Gasteiger partial charge in [0.05, 0.1) is 5.75 Å². The van der Waals surface area contributed by atoms with E-state index in [0.717, 1.165) is 32.4 Å². The second kappa shape index (κ2) is 9.82. The number of rotatable bonds is 11. The van der Waals surface area contributed by atoms with Gasteiger partial charge in [-0.2, -0.15) is 0 Å². The van der Waals surface area contributed by atoms with Crippen LogP contribution in [-0.2, 0) is 10.0 Å². The van der Waals surface area contributed by atoms with Crippen LogP contribution in [0.15, 0.2) is 0 Å². The minimum Gasteiger partial charge on any atom is -0.316 e. The molecule has 0 saturated heterocycles. The van der Waals surface area contributed by atoms with Crippen LogP contribution in [0.2, 0.25) is 0 Å². The van der Waals surface area contributed by atoms with Crippen molar-refractivity contribution >= 4 is 10.0 Å². The topological polar surface area (TPSA) is 61.4 Å². The van der Waals surface area contributed by atoms with Crippen molar-refractivity contribution < 1.29 is 8.42 Å². The molecule has 0 aromatic rings. The molecule has 0 aliphatic heterocycles. The Morgan fingerprint density at radius 2 is 1.76 bits per heavy atom. The van der Waals surface area contributed by atoms with E-state index in [4.69, 9.17) is 0 Å². The van der Waals surface area contributed by atoms with Crippen LogP contribution in [0.1, 0.15) is 26.2 Å². The van der Waals surface area contributed by atoms with Crippen LogP contribution in [0.5, 0.6) is 0 Å². The quantitative estimate of drug-likeness (QED) is 0.526. The lowest BCUT2D eigenvalue weighted by atomic mass is 10.3. The predicted molar refractivity (Wildman–Crippen MR) is 72.7 cm³/mol. The molecule has 2 N–H and O–H groups in total. The van der Waals surface area contributed by atoms with Gasteiger partial charge in [-0.25, -0.2) is 13.1 Å². The normalized spacial score (nSPS) is 12.2. The van der Waals surface area contributed by atoms with Gasteiger partial charge in [-0.3, -0.25) is 0 Å². The van der Waals surface area contributed by atoms with Crippen molar-refractivity contribution in [1.82, 2.24) is 14.9 Å². The molecular weight excluding hydrogens is 238 g/mol. The third-order valence-electron chi connectivity index (χ3n) is 2.33. The Morgan fingerprint density at radius 3 is 2.35 bits per heavy atom. The highest BCUT2D eigenvalue weighted by Gasteiger charge is 2.08. The van der Waals surface area contributed by atoms with Gasteiger partial charge in [0, 0.05) is 13.1 Å². The van der Waals surface area contributed by atoms with Crippen LogP contribution in [0, 0.1) is 0 Å². The van der Waals surface area contributed by atoms with Crippen LogP contribution in [0.4, 0.5) is 0 Å². The van der Waals surface area contributed by atoms with Crippen molar-refractivity contribution in [2.75, 3.05) is 46.0 Å². The lowest BCUT2D eigenvalue weighted by Crippen LogP contribution is -2.33. The summed E-state index contributed by atoms with van der Waals surface area (Å²) in [7, 11) is 0.946. The lowest BCUT2D eigenvalue weighted by molar-refractivity contribution is 0.394. The number of sulfonamides is 1. The number of unbranched alkanes of at least 4 members (excludes halogenated alkanes) is 1. The van der Waals surface area contributed by atoms with Crippen LogP contribution in [0.25, 0.3) is 0 Å². The summed E-state index contributed by atoms with van der Waals surface area (Å²) in [6.45, 7) is 5.01. The Balaban J connectivity index is 3.51. The molecule has 0 rings (SSSR count). The highest BCUT2D eigenvalue weighted by atomic mass is 32.2. The Kier molecular flexibility index (Phi) is 9.72. The van der Waals surface area contributed by atoms with E-state index in [0.29, 0.717) is 13.1 Å². The Bertz CT molecular complexity index is 266. The molecule has 0 saturated carbocycles. The molecule has 0 heterocycles. The Morgan fingerprint density at radius 1 is 1.06 bits per heavy atom. The van der Waals surface area contributed by atoms with Gasteiger partial charge in [-0.1, -0.05) is 6.92 Å². The second-order valence-corrected chi connectivity index (χ2v) is 6.40. The fraction of sp³-hybridized carbons (Fsp3) is 1.00. The molecule has 0 amide bonds. The van der Waals surface area contributed by atoms with E-state index >= 15 is 0 Å². The van der Waals surface area contributed by atoms with Crippen molar-refractivity contribution in [2.24, 2.45) is 0 Å². The SMILES string of the molecule is CCCNCCS(=O)(=O)NCCCCN(C)C.